The van der Waals surface area contributed by atoms with Gasteiger partial charge in [0.1, 0.15) is 0 Å². The van der Waals surface area contributed by atoms with Crippen LogP contribution in [-0.2, 0) is 32.1 Å². The van der Waals surface area contributed by atoms with Crippen LogP contribution in [0, 0.1) is 0 Å². The summed E-state index contributed by atoms with van der Waals surface area (Å²) in [5, 5.41) is 24.3. The van der Waals surface area contributed by atoms with Crippen LogP contribution in [0.3, 0.4) is 0 Å². The van der Waals surface area contributed by atoms with Gasteiger partial charge in [-0.25, -0.2) is 9.59 Å². The van der Waals surface area contributed by atoms with E-state index < -0.39 is 17.9 Å². The maximum absolute atomic E-state index is 12.1. The third kappa shape index (κ3) is 11.4. The summed E-state index contributed by atoms with van der Waals surface area (Å²) in [5.41, 5.74) is 3.97. The van der Waals surface area contributed by atoms with Crippen LogP contribution in [0.4, 0.5) is 0 Å². The predicted octanol–water partition coefficient (Wildman–Crippen LogP) is 1.67. The fraction of sp³-hybridized carbons (Fsp3) is 0.308. The smallest absolute Gasteiger partial charge is 0.328 e. The SMILES string of the molecule is O.O=C(O)/C=C\C(=O)O.O=C(O)CCC(=O)N1CCN(Cc2ccccc2Cc2ccccc2)CC1. The van der Waals surface area contributed by atoms with Crippen molar-refractivity contribution in [3.05, 3.63) is 83.4 Å². The van der Waals surface area contributed by atoms with Crippen molar-refractivity contribution in [2.45, 2.75) is 25.8 Å². The number of carbonyl (C=O) groups is 4. The average molecular weight is 501 g/mol. The number of amides is 1. The number of carboxylic acids is 3. The number of nitrogens with zero attached hydrogens (tertiary/aromatic N) is 2. The van der Waals surface area contributed by atoms with Gasteiger partial charge in [0.25, 0.3) is 0 Å². The highest BCUT2D eigenvalue weighted by molar-refractivity contribution is 5.89. The maximum Gasteiger partial charge on any atom is 0.328 e. The zero-order chi connectivity index (χ0) is 25.6. The van der Waals surface area contributed by atoms with E-state index in [1.54, 1.807) is 4.90 Å². The Morgan fingerprint density at radius 3 is 1.78 bits per heavy atom. The molecule has 1 aliphatic heterocycles. The molecule has 1 heterocycles. The molecule has 5 N–H and O–H groups in total. The first-order valence-electron chi connectivity index (χ1n) is 11.2. The lowest BCUT2D eigenvalue weighted by Gasteiger charge is -2.35. The van der Waals surface area contributed by atoms with Crippen molar-refractivity contribution in [3.63, 3.8) is 0 Å². The van der Waals surface area contributed by atoms with Crippen molar-refractivity contribution < 1.29 is 40.0 Å². The number of hydrogen-bond acceptors (Lipinski definition) is 5. The maximum atomic E-state index is 12.1. The minimum atomic E-state index is -1.26. The Bertz CT molecular complexity index is 1020. The molecule has 36 heavy (non-hydrogen) atoms. The topological polar surface area (TPSA) is 167 Å². The third-order valence-corrected chi connectivity index (χ3v) is 5.40. The van der Waals surface area contributed by atoms with E-state index in [0.29, 0.717) is 25.2 Å². The van der Waals surface area contributed by atoms with Gasteiger partial charge in [0, 0.05) is 51.3 Å². The van der Waals surface area contributed by atoms with E-state index in [9.17, 15) is 19.2 Å². The fourth-order valence-electron chi connectivity index (χ4n) is 3.61. The Morgan fingerprint density at radius 1 is 0.722 bits per heavy atom. The molecule has 1 aliphatic rings. The largest absolute Gasteiger partial charge is 0.481 e. The number of benzene rings is 2. The lowest BCUT2D eigenvalue weighted by molar-refractivity contribution is -0.141. The molecule has 0 spiro atoms. The van der Waals surface area contributed by atoms with E-state index >= 15 is 0 Å². The Hall–Kier alpha value is -4.02. The summed E-state index contributed by atoms with van der Waals surface area (Å²) >= 11 is 0. The predicted molar refractivity (Wildman–Crippen MR) is 132 cm³/mol. The number of aliphatic carboxylic acids is 3. The summed E-state index contributed by atoms with van der Waals surface area (Å²) < 4.78 is 0. The minimum absolute atomic E-state index is 0. The van der Waals surface area contributed by atoms with Crippen LogP contribution in [-0.4, -0.2) is 80.6 Å². The molecular weight excluding hydrogens is 468 g/mol. The Kier molecular flexibility index (Phi) is 13.2. The molecule has 0 atom stereocenters. The molecule has 194 valence electrons. The molecule has 2 aromatic rings. The first-order chi connectivity index (χ1) is 16.7. The van der Waals surface area contributed by atoms with Crippen LogP contribution >= 0.6 is 0 Å². The average Bonchev–Trinajstić information content (AvgIpc) is 2.84. The summed E-state index contributed by atoms with van der Waals surface area (Å²) in [6.07, 6.45) is 2.04. The fourth-order valence-corrected chi connectivity index (χ4v) is 3.61. The van der Waals surface area contributed by atoms with E-state index in [1.807, 2.05) is 6.07 Å². The highest BCUT2D eigenvalue weighted by Gasteiger charge is 2.22. The van der Waals surface area contributed by atoms with Crippen LogP contribution < -0.4 is 0 Å². The van der Waals surface area contributed by atoms with Gasteiger partial charge in [0.15, 0.2) is 0 Å². The van der Waals surface area contributed by atoms with E-state index in [2.05, 4.69) is 53.4 Å². The summed E-state index contributed by atoms with van der Waals surface area (Å²) in [4.78, 5) is 46.0. The van der Waals surface area contributed by atoms with Gasteiger partial charge >= 0.3 is 17.9 Å². The molecule has 0 radical (unpaired) electrons. The van der Waals surface area contributed by atoms with Crippen LogP contribution in [0.5, 0.6) is 0 Å². The monoisotopic (exact) mass is 500 g/mol. The van der Waals surface area contributed by atoms with Crippen molar-refractivity contribution >= 4 is 23.8 Å². The van der Waals surface area contributed by atoms with Gasteiger partial charge in [-0.05, 0) is 23.1 Å². The Balaban J connectivity index is 0.000000625. The molecule has 10 nitrogen and oxygen atoms in total. The molecule has 0 aromatic heterocycles. The van der Waals surface area contributed by atoms with Gasteiger partial charge in [-0.15, -0.1) is 0 Å². The number of carbonyl (C=O) groups excluding carboxylic acids is 1. The number of carboxylic acid groups (broad SMARTS) is 3. The molecule has 3 rings (SSSR count). The van der Waals surface area contributed by atoms with Crippen LogP contribution in [0.2, 0.25) is 0 Å². The minimum Gasteiger partial charge on any atom is -0.481 e. The van der Waals surface area contributed by atoms with Gasteiger partial charge < -0.3 is 25.7 Å². The van der Waals surface area contributed by atoms with Gasteiger partial charge in [0.05, 0.1) is 6.42 Å². The van der Waals surface area contributed by atoms with Crippen LogP contribution in [0.15, 0.2) is 66.7 Å². The molecule has 0 aliphatic carbocycles. The molecule has 0 bridgehead atoms. The van der Waals surface area contributed by atoms with E-state index in [1.165, 1.54) is 16.7 Å². The first kappa shape index (κ1) is 30.0. The molecule has 0 saturated carbocycles. The van der Waals surface area contributed by atoms with Gasteiger partial charge in [-0.1, -0.05) is 54.6 Å². The Labute approximate surface area is 209 Å². The third-order valence-electron chi connectivity index (χ3n) is 5.40. The van der Waals surface area contributed by atoms with Gasteiger partial charge in [0.2, 0.25) is 5.91 Å². The molecule has 10 heteroatoms. The molecule has 2 aromatic carbocycles. The highest BCUT2D eigenvalue weighted by atomic mass is 16.4. The second kappa shape index (κ2) is 15.8. The second-order valence-electron chi connectivity index (χ2n) is 7.99. The Morgan fingerprint density at radius 2 is 1.25 bits per heavy atom. The van der Waals surface area contributed by atoms with Crippen LogP contribution in [0.1, 0.15) is 29.5 Å². The quantitative estimate of drug-likeness (QED) is 0.437. The highest BCUT2D eigenvalue weighted by Crippen LogP contribution is 2.17. The summed E-state index contributed by atoms with van der Waals surface area (Å²) in [6, 6.07) is 19.0. The van der Waals surface area contributed by atoms with Crippen molar-refractivity contribution in [1.29, 1.82) is 0 Å². The lowest BCUT2D eigenvalue weighted by Crippen LogP contribution is -2.48. The van der Waals surface area contributed by atoms with Crippen molar-refractivity contribution in [2.75, 3.05) is 26.2 Å². The lowest BCUT2D eigenvalue weighted by atomic mass is 9.99. The number of rotatable bonds is 9. The zero-order valence-electron chi connectivity index (χ0n) is 19.9. The van der Waals surface area contributed by atoms with E-state index in [4.69, 9.17) is 15.3 Å². The number of piperazine rings is 1. The molecular formula is C26H32N2O8. The summed E-state index contributed by atoms with van der Waals surface area (Å²) in [5.74, 6) is -3.49. The molecule has 1 saturated heterocycles. The molecule has 1 amide bonds. The van der Waals surface area contributed by atoms with Gasteiger partial charge in [-0.2, -0.15) is 0 Å². The molecule has 0 unspecified atom stereocenters. The van der Waals surface area contributed by atoms with Crippen LogP contribution in [0.25, 0.3) is 0 Å². The normalized spacial score (nSPS) is 13.3. The van der Waals surface area contributed by atoms with Crippen molar-refractivity contribution in [2.24, 2.45) is 0 Å². The first-order valence-corrected chi connectivity index (χ1v) is 11.2. The zero-order valence-corrected chi connectivity index (χ0v) is 19.9. The van der Waals surface area contributed by atoms with Crippen molar-refractivity contribution in [1.82, 2.24) is 9.80 Å². The summed E-state index contributed by atoms with van der Waals surface area (Å²) in [6.45, 7) is 3.84. The molecule has 1 fully saturated rings. The standard InChI is InChI=1S/C22H26N2O3.C4H4O4.H2O/c25-21(10-11-22(26)27)24-14-12-23(13-15-24)17-20-9-5-4-8-19(20)16-18-6-2-1-3-7-18;5-3(6)1-2-4(7)8;/h1-9H,10-17H2,(H,26,27);1-2H,(H,5,6)(H,7,8);1H2/b;2-1-;. The summed E-state index contributed by atoms with van der Waals surface area (Å²) in [7, 11) is 0. The van der Waals surface area contributed by atoms with Crippen molar-refractivity contribution in [3.8, 4) is 0 Å². The van der Waals surface area contributed by atoms with E-state index in [-0.39, 0.29) is 24.2 Å². The number of hydrogen-bond donors (Lipinski definition) is 3. The van der Waals surface area contributed by atoms with Gasteiger partial charge in [-0.3, -0.25) is 14.5 Å². The van der Waals surface area contributed by atoms with E-state index in [0.717, 1.165) is 26.1 Å². The second-order valence-corrected chi connectivity index (χ2v) is 7.99.